The second-order valence-corrected chi connectivity index (χ2v) is 2.79. The molecule has 0 saturated heterocycles. The summed E-state index contributed by atoms with van der Waals surface area (Å²) in [5.41, 5.74) is 1.39. The van der Waals surface area contributed by atoms with E-state index in [0.717, 1.165) is 6.54 Å². The van der Waals surface area contributed by atoms with Crippen LogP contribution in [0, 0.1) is 0 Å². The van der Waals surface area contributed by atoms with Crippen LogP contribution >= 0.6 is 11.6 Å². The standard InChI is InChI=1S/C7H14ClN/c1-4-6(2)5-9-7(3)8/h4,7,9H,5H2,1-3H3. The summed E-state index contributed by atoms with van der Waals surface area (Å²) in [6.07, 6.45) is 2.08. The third-order valence-electron chi connectivity index (χ3n) is 1.15. The van der Waals surface area contributed by atoms with Gasteiger partial charge < -0.3 is 0 Å². The Labute approximate surface area is 62.1 Å². The molecule has 0 bridgehead atoms. The summed E-state index contributed by atoms with van der Waals surface area (Å²) in [7, 11) is 0. The molecule has 0 fully saturated rings. The van der Waals surface area contributed by atoms with Crippen LogP contribution in [-0.2, 0) is 0 Å². The van der Waals surface area contributed by atoms with Gasteiger partial charge in [0.15, 0.2) is 0 Å². The third kappa shape index (κ3) is 5.87. The van der Waals surface area contributed by atoms with Crippen LogP contribution in [0.5, 0.6) is 0 Å². The first-order valence-electron chi connectivity index (χ1n) is 3.16. The zero-order chi connectivity index (χ0) is 7.28. The van der Waals surface area contributed by atoms with Crippen LogP contribution in [0.1, 0.15) is 20.8 Å². The third-order valence-corrected chi connectivity index (χ3v) is 1.31. The lowest BCUT2D eigenvalue weighted by Crippen LogP contribution is -2.22. The number of nitrogens with one attached hydrogen (secondary N) is 1. The van der Waals surface area contributed by atoms with E-state index in [1.807, 2.05) is 13.8 Å². The number of rotatable bonds is 3. The number of allylic oxidation sites excluding steroid dienone is 1. The van der Waals surface area contributed by atoms with Crippen LogP contribution in [0.25, 0.3) is 0 Å². The molecule has 54 valence electrons. The molecule has 0 aliphatic carbocycles. The van der Waals surface area contributed by atoms with Crippen molar-refractivity contribution >= 4 is 11.6 Å². The summed E-state index contributed by atoms with van der Waals surface area (Å²) >= 11 is 5.64. The molecule has 9 heavy (non-hydrogen) atoms. The van der Waals surface area contributed by atoms with Gasteiger partial charge in [0.05, 0.1) is 5.50 Å². The highest BCUT2D eigenvalue weighted by Gasteiger charge is 1.92. The molecule has 0 saturated carbocycles. The van der Waals surface area contributed by atoms with Crippen LogP contribution in [0.15, 0.2) is 11.6 Å². The lowest BCUT2D eigenvalue weighted by atomic mass is 10.3. The predicted octanol–water partition coefficient (Wildman–Crippen LogP) is 2.13. The first-order chi connectivity index (χ1) is 4.16. The van der Waals surface area contributed by atoms with Crippen LogP contribution in [-0.4, -0.2) is 12.0 Å². The maximum absolute atomic E-state index is 5.64. The highest BCUT2D eigenvalue weighted by Crippen LogP contribution is 1.91. The van der Waals surface area contributed by atoms with Gasteiger partial charge in [0.1, 0.15) is 0 Å². The van der Waals surface area contributed by atoms with Crippen molar-refractivity contribution in [3.8, 4) is 0 Å². The first kappa shape index (κ1) is 8.99. The van der Waals surface area contributed by atoms with Crippen molar-refractivity contribution in [2.24, 2.45) is 0 Å². The minimum absolute atomic E-state index is 0.0694. The lowest BCUT2D eigenvalue weighted by molar-refractivity contribution is 0.723. The van der Waals surface area contributed by atoms with E-state index in [0.29, 0.717) is 0 Å². The monoisotopic (exact) mass is 147 g/mol. The van der Waals surface area contributed by atoms with E-state index in [-0.39, 0.29) is 5.50 Å². The van der Waals surface area contributed by atoms with Gasteiger partial charge in [-0.1, -0.05) is 11.6 Å². The Bertz CT molecular complexity index is 97.1. The van der Waals surface area contributed by atoms with Crippen molar-refractivity contribution in [2.75, 3.05) is 6.54 Å². The molecule has 0 rings (SSSR count). The van der Waals surface area contributed by atoms with Crippen molar-refractivity contribution in [2.45, 2.75) is 26.3 Å². The summed E-state index contributed by atoms with van der Waals surface area (Å²) < 4.78 is 0. The molecule has 0 aromatic heterocycles. The van der Waals surface area contributed by atoms with E-state index in [4.69, 9.17) is 11.6 Å². The Morgan fingerprint density at radius 2 is 2.33 bits per heavy atom. The molecular weight excluding hydrogens is 134 g/mol. The summed E-state index contributed by atoms with van der Waals surface area (Å²) in [4.78, 5) is 0. The van der Waals surface area contributed by atoms with Gasteiger partial charge in [-0.3, -0.25) is 5.32 Å². The van der Waals surface area contributed by atoms with Crippen LogP contribution < -0.4 is 5.32 Å². The maximum atomic E-state index is 5.64. The molecule has 0 aromatic carbocycles. The van der Waals surface area contributed by atoms with Gasteiger partial charge in [-0.05, 0) is 20.8 Å². The second-order valence-electron chi connectivity index (χ2n) is 2.13. The molecule has 0 heterocycles. The van der Waals surface area contributed by atoms with Gasteiger partial charge in [-0.2, -0.15) is 0 Å². The van der Waals surface area contributed by atoms with Crippen molar-refractivity contribution in [1.29, 1.82) is 0 Å². The maximum Gasteiger partial charge on any atom is 0.0799 e. The molecule has 1 unspecified atom stereocenters. The fourth-order valence-corrected chi connectivity index (χ4v) is 0.481. The van der Waals surface area contributed by atoms with Gasteiger partial charge in [-0.15, -0.1) is 11.6 Å². The minimum Gasteiger partial charge on any atom is -0.298 e. The van der Waals surface area contributed by atoms with E-state index in [1.54, 1.807) is 0 Å². The molecule has 0 aliphatic rings. The fraction of sp³-hybridized carbons (Fsp3) is 0.714. The van der Waals surface area contributed by atoms with E-state index in [1.165, 1.54) is 5.57 Å². The molecule has 2 heteroatoms. The van der Waals surface area contributed by atoms with Gasteiger partial charge >= 0.3 is 0 Å². The Morgan fingerprint density at radius 1 is 1.78 bits per heavy atom. The molecule has 0 spiro atoms. The highest BCUT2D eigenvalue weighted by molar-refractivity contribution is 6.20. The van der Waals surface area contributed by atoms with Gasteiger partial charge in [0, 0.05) is 6.54 Å². The van der Waals surface area contributed by atoms with E-state index in [9.17, 15) is 0 Å². The van der Waals surface area contributed by atoms with E-state index >= 15 is 0 Å². The molecule has 1 N–H and O–H groups in total. The molecule has 1 nitrogen and oxygen atoms in total. The second kappa shape index (κ2) is 4.83. The Balaban J connectivity index is 3.28. The van der Waals surface area contributed by atoms with Crippen molar-refractivity contribution in [1.82, 2.24) is 5.32 Å². The minimum atomic E-state index is 0.0694. The number of hydrogen-bond donors (Lipinski definition) is 1. The summed E-state index contributed by atoms with van der Waals surface area (Å²) in [6.45, 7) is 6.91. The number of halogens is 1. The molecule has 0 amide bonds. The Hall–Kier alpha value is -0.0100. The quantitative estimate of drug-likeness (QED) is 0.367. The fourth-order valence-electron chi connectivity index (χ4n) is 0.404. The van der Waals surface area contributed by atoms with E-state index in [2.05, 4.69) is 18.3 Å². The molecular formula is C7H14ClN. The highest BCUT2D eigenvalue weighted by atomic mass is 35.5. The average molecular weight is 148 g/mol. The SMILES string of the molecule is CC=C(C)CNC(C)Cl. The lowest BCUT2D eigenvalue weighted by Gasteiger charge is -2.04. The van der Waals surface area contributed by atoms with E-state index < -0.39 is 0 Å². The zero-order valence-electron chi connectivity index (χ0n) is 6.24. The normalized spacial score (nSPS) is 15.8. The molecule has 0 aliphatic heterocycles. The van der Waals surface area contributed by atoms with Crippen molar-refractivity contribution in [3.05, 3.63) is 11.6 Å². The van der Waals surface area contributed by atoms with Crippen LogP contribution in [0.3, 0.4) is 0 Å². The summed E-state index contributed by atoms with van der Waals surface area (Å²) in [5.74, 6) is 0. The first-order valence-corrected chi connectivity index (χ1v) is 3.59. The topological polar surface area (TPSA) is 12.0 Å². The average Bonchev–Trinajstić information content (AvgIpc) is 1.83. The van der Waals surface area contributed by atoms with Gasteiger partial charge in [0.2, 0.25) is 0 Å². The predicted molar refractivity (Wildman–Crippen MR) is 42.7 cm³/mol. The summed E-state index contributed by atoms with van der Waals surface area (Å²) in [6, 6.07) is 0. The molecule has 1 atom stereocenters. The number of alkyl halides is 1. The summed E-state index contributed by atoms with van der Waals surface area (Å²) in [5, 5.41) is 3.09. The van der Waals surface area contributed by atoms with Crippen molar-refractivity contribution in [3.63, 3.8) is 0 Å². The van der Waals surface area contributed by atoms with Crippen LogP contribution in [0.4, 0.5) is 0 Å². The molecule has 0 aromatic rings. The van der Waals surface area contributed by atoms with Gasteiger partial charge in [-0.25, -0.2) is 0 Å². The molecule has 0 radical (unpaired) electrons. The number of hydrogen-bond acceptors (Lipinski definition) is 1. The van der Waals surface area contributed by atoms with Crippen LogP contribution in [0.2, 0.25) is 0 Å². The van der Waals surface area contributed by atoms with Crippen molar-refractivity contribution < 1.29 is 0 Å². The Kier molecular flexibility index (Phi) is 4.83. The smallest absolute Gasteiger partial charge is 0.0799 e. The van der Waals surface area contributed by atoms with Gasteiger partial charge in [0.25, 0.3) is 0 Å². The Morgan fingerprint density at radius 3 is 2.67 bits per heavy atom. The largest absolute Gasteiger partial charge is 0.298 e. The zero-order valence-corrected chi connectivity index (χ0v) is 7.00.